The molecular weight excluding hydrogens is 767 g/mol. The largest absolute Gasteiger partial charge is 0.445 e. The molecule has 8 N–H and O–H groups in total. The van der Waals surface area contributed by atoms with Crippen LogP contribution in [0.15, 0.2) is 55.5 Å². The number of alkyl carbamates (subject to hydrolysis) is 1. The van der Waals surface area contributed by atoms with Crippen molar-refractivity contribution < 1.29 is 38.6 Å². The minimum atomic E-state index is -1.73. The molecule has 5 atom stereocenters. The number of aromatic amines is 1. The Bertz CT molecular complexity index is 1700. The lowest BCUT2D eigenvalue weighted by Crippen LogP contribution is -2.62. The predicted molar refractivity (Wildman–Crippen MR) is 230 cm³/mol. The molecule has 1 aliphatic carbocycles. The molecular formula is C45H71N7O8. The Morgan fingerprint density at radius 3 is 2.15 bits per heavy atom. The van der Waals surface area contributed by atoms with Crippen LogP contribution in [0.2, 0.25) is 0 Å². The number of nitrogens with zero attached hydrogens (tertiary/aromatic N) is 1. The second kappa shape index (κ2) is 21.6. The van der Waals surface area contributed by atoms with Crippen molar-refractivity contribution in [1.82, 2.24) is 31.2 Å². The highest BCUT2D eigenvalue weighted by Crippen LogP contribution is 2.47. The molecule has 0 radical (unpaired) electrons. The van der Waals surface area contributed by atoms with Gasteiger partial charge in [0.1, 0.15) is 24.7 Å². The zero-order valence-corrected chi connectivity index (χ0v) is 37.2. The van der Waals surface area contributed by atoms with Crippen molar-refractivity contribution in [2.75, 3.05) is 13.2 Å². The van der Waals surface area contributed by atoms with Crippen molar-refractivity contribution in [3.05, 3.63) is 66.8 Å². The number of aromatic nitrogens is 2. The Labute approximate surface area is 356 Å². The van der Waals surface area contributed by atoms with Gasteiger partial charge in [0.2, 0.25) is 11.8 Å². The molecule has 1 saturated carbocycles. The SMILES string of the molecule is C=C[C@@H](C[C@H](O)[C@H](CC1CCCCC1)NC(=O)[C@H](Cc1cnc[nH]1)NC(=O)[C@@](C)(NC(=O)CNC(=O)OC(COC(N)=O)(C(C)(C)C)C(C)(C)C)c1ccccc1)C(C)C. The number of H-pyrrole nitrogens is 1. The third-order valence-electron chi connectivity index (χ3n) is 12.1. The first-order valence-electron chi connectivity index (χ1n) is 21.2. The number of aliphatic hydroxyl groups is 1. The van der Waals surface area contributed by atoms with Gasteiger partial charge in [0.25, 0.3) is 5.91 Å². The lowest BCUT2D eigenvalue weighted by Gasteiger charge is -2.51. The van der Waals surface area contributed by atoms with E-state index in [0.717, 1.165) is 25.7 Å². The van der Waals surface area contributed by atoms with Crippen LogP contribution in [0.25, 0.3) is 0 Å². The summed E-state index contributed by atoms with van der Waals surface area (Å²) in [6.07, 6.45) is 8.50. The molecule has 15 heteroatoms. The van der Waals surface area contributed by atoms with Gasteiger partial charge >= 0.3 is 12.2 Å². The summed E-state index contributed by atoms with van der Waals surface area (Å²) >= 11 is 0. The van der Waals surface area contributed by atoms with Crippen LogP contribution in [-0.2, 0) is 35.8 Å². The summed E-state index contributed by atoms with van der Waals surface area (Å²) < 4.78 is 11.1. The summed E-state index contributed by atoms with van der Waals surface area (Å²) in [5.74, 6) is -1.30. The van der Waals surface area contributed by atoms with Gasteiger partial charge in [-0.25, -0.2) is 14.6 Å². The van der Waals surface area contributed by atoms with Crippen LogP contribution in [0.3, 0.4) is 0 Å². The first kappa shape index (κ1) is 49.4. The lowest BCUT2D eigenvalue weighted by molar-refractivity contribution is -0.164. The first-order valence-corrected chi connectivity index (χ1v) is 21.2. The molecule has 334 valence electrons. The number of allylic oxidation sites excluding steroid dienone is 1. The van der Waals surface area contributed by atoms with Gasteiger partial charge in [-0.15, -0.1) is 6.58 Å². The maximum absolute atomic E-state index is 14.6. The predicted octanol–water partition coefficient (Wildman–Crippen LogP) is 5.79. The van der Waals surface area contributed by atoms with Gasteiger partial charge in [-0.3, -0.25) is 14.4 Å². The lowest BCUT2D eigenvalue weighted by atomic mass is 9.62. The summed E-state index contributed by atoms with van der Waals surface area (Å²) in [5.41, 5.74) is 1.68. The van der Waals surface area contributed by atoms with Gasteiger partial charge in [0.05, 0.1) is 18.5 Å². The zero-order chi connectivity index (χ0) is 44.9. The maximum Gasteiger partial charge on any atom is 0.408 e. The first-order chi connectivity index (χ1) is 28.0. The Morgan fingerprint density at radius 1 is 0.983 bits per heavy atom. The van der Waals surface area contributed by atoms with Crippen LogP contribution in [0.5, 0.6) is 0 Å². The quantitative estimate of drug-likeness (QED) is 0.0801. The second-order valence-electron chi connectivity index (χ2n) is 18.8. The molecule has 3 rings (SSSR count). The van der Waals surface area contributed by atoms with Crippen LogP contribution >= 0.6 is 0 Å². The highest BCUT2D eigenvalue weighted by molar-refractivity contribution is 5.96. The number of imidazole rings is 1. The number of ether oxygens (including phenoxy) is 2. The summed E-state index contributed by atoms with van der Waals surface area (Å²) in [7, 11) is 0. The molecule has 15 nitrogen and oxygen atoms in total. The number of hydrogen-bond donors (Lipinski definition) is 7. The number of rotatable bonds is 20. The fourth-order valence-corrected chi connectivity index (χ4v) is 8.36. The molecule has 0 aliphatic heterocycles. The van der Waals surface area contributed by atoms with Gasteiger partial charge in [-0.05, 0) is 43.1 Å². The minimum absolute atomic E-state index is 0.0353. The molecule has 0 spiro atoms. The number of hydrogen-bond acceptors (Lipinski definition) is 9. The number of carbonyl (C=O) groups is 5. The molecule has 1 fully saturated rings. The number of primary amides is 1. The Balaban J connectivity index is 1.88. The molecule has 0 saturated heterocycles. The van der Waals surface area contributed by atoms with Crippen molar-refractivity contribution >= 4 is 29.9 Å². The highest BCUT2D eigenvalue weighted by atomic mass is 16.6. The Morgan fingerprint density at radius 2 is 1.62 bits per heavy atom. The summed E-state index contributed by atoms with van der Waals surface area (Å²) in [6.45, 7) is 19.7. The van der Waals surface area contributed by atoms with Gasteiger partial charge in [-0.2, -0.15) is 0 Å². The van der Waals surface area contributed by atoms with Crippen molar-refractivity contribution in [3.8, 4) is 0 Å². The number of nitrogens with two attached hydrogens (primary N) is 1. The molecule has 5 amide bonds. The molecule has 60 heavy (non-hydrogen) atoms. The number of benzene rings is 1. The van der Waals surface area contributed by atoms with Crippen LogP contribution in [0.4, 0.5) is 9.59 Å². The van der Waals surface area contributed by atoms with Crippen molar-refractivity contribution in [2.45, 2.75) is 143 Å². The standard InChI is InChI=1S/C45H71N7O8/c1-11-31(29(2)3)23-36(53)34(22-30-18-14-12-15-19-30)50-38(55)35(24-33-25-47-28-49-33)51-39(56)44(10,32-20-16-13-17-21-32)52-37(54)26-48-41(58)60-45(42(4,5)6,43(7,8)9)27-59-40(46)57/h11,13,16-17,20-21,25,28-31,34-36,53H,1,12,14-15,18-19,22-24,26-27H2,2-10H3,(H2,46,57)(H,47,49)(H,48,58)(H,50,55)(H,51,56)(H,52,54)/t31-,34-,35-,36-,44-/m0/s1. The van der Waals surface area contributed by atoms with Crippen molar-refractivity contribution in [3.63, 3.8) is 0 Å². The fraction of sp³-hybridized carbons (Fsp3) is 0.644. The third kappa shape index (κ3) is 13.5. The van der Waals surface area contributed by atoms with Gasteiger partial charge in [0.15, 0.2) is 5.60 Å². The molecule has 0 bridgehead atoms. The van der Waals surface area contributed by atoms with Gasteiger partial charge in [-0.1, -0.05) is 124 Å². The summed E-state index contributed by atoms with van der Waals surface area (Å²) in [5, 5.41) is 22.9. The van der Waals surface area contributed by atoms with E-state index in [1.165, 1.54) is 19.7 Å². The monoisotopic (exact) mass is 838 g/mol. The van der Waals surface area contributed by atoms with Crippen LogP contribution < -0.4 is 27.0 Å². The number of aliphatic hydroxyl groups excluding tert-OH is 1. The van der Waals surface area contributed by atoms with E-state index in [-0.39, 0.29) is 24.9 Å². The van der Waals surface area contributed by atoms with Crippen LogP contribution in [0, 0.1) is 28.6 Å². The topological polar surface area (TPSA) is 227 Å². The molecule has 2 aromatic rings. The second-order valence-corrected chi connectivity index (χ2v) is 18.8. The smallest absolute Gasteiger partial charge is 0.408 e. The minimum Gasteiger partial charge on any atom is -0.445 e. The van der Waals surface area contributed by atoms with E-state index in [1.807, 2.05) is 47.6 Å². The number of nitrogens with one attached hydrogen (secondary N) is 5. The van der Waals surface area contributed by atoms with Gasteiger partial charge in [0, 0.05) is 29.1 Å². The van der Waals surface area contributed by atoms with Gasteiger partial charge < -0.3 is 46.6 Å². The Hall–Kier alpha value is -4.92. The maximum atomic E-state index is 14.6. The van der Waals surface area contributed by atoms with Crippen LogP contribution in [0.1, 0.15) is 119 Å². The van der Waals surface area contributed by atoms with E-state index in [0.29, 0.717) is 30.0 Å². The number of amides is 5. The fourth-order valence-electron chi connectivity index (χ4n) is 8.36. The average Bonchev–Trinajstić information content (AvgIpc) is 3.69. The van der Waals surface area contributed by atoms with Crippen molar-refractivity contribution in [2.24, 2.45) is 34.3 Å². The molecule has 1 aromatic heterocycles. The third-order valence-corrected chi connectivity index (χ3v) is 12.1. The Kier molecular flexibility index (Phi) is 17.8. The normalized spacial score (nSPS) is 16.9. The highest BCUT2D eigenvalue weighted by Gasteiger charge is 2.55. The molecule has 1 aliphatic rings. The number of carbonyl (C=O) groups excluding carboxylic acids is 5. The molecule has 1 aromatic carbocycles. The molecule has 0 unspecified atom stereocenters. The summed E-state index contributed by atoms with van der Waals surface area (Å²) in [6, 6.07) is 6.83. The zero-order valence-electron chi connectivity index (χ0n) is 37.2. The van der Waals surface area contributed by atoms with E-state index in [4.69, 9.17) is 15.2 Å². The van der Waals surface area contributed by atoms with Crippen molar-refractivity contribution in [1.29, 1.82) is 0 Å². The van der Waals surface area contributed by atoms with E-state index in [2.05, 4.69) is 51.7 Å². The molecule has 1 heterocycles. The summed E-state index contributed by atoms with van der Waals surface area (Å²) in [4.78, 5) is 74.7. The van der Waals surface area contributed by atoms with E-state index in [1.54, 1.807) is 36.5 Å². The van der Waals surface area contributed by atoms with Crippen LogP contribution in [-0.4, -0.2) is 81.9 Å². The van der Waals surface area contributed by atoms with E-state index in [9.17, 15) is 29.1 Å². The van der Waals surface area contributed by atoms with E-state index < -0.39 is 76.6 Å². The van der Waals surface area contributed by atoms with E-state index >= 15 is 0 Å². The average molecular weight is 838 g/mol.